The van der Waals surface area contributed by atoms with Crippen LogP contribution in [0.2, 0.25) is 0 Å². The molecule has 0 radical (unpaired) electrons. The van der Waals surface area contributed by atoms with Crippen LogP contribution in [0.4, 0.5) is 0 Å². The van der Waals surface area contributed by atoms with Crippen LogP contribution in [0.15, 0.2) is 42.5 Å². The van der Waals surface area contributed by atoms with E-state index in [4.69, 9.17) is 9.47 Å². The first kappa shape index (κ1) is 48.3. The van der Waals surface area contributed by atoms with Gasteiger partial charge in [0.25, 0.3) is 0 Å². The Labute approximate surface area is 336 Å². The van der Waals surface area contributed by atoms with Crippen LogP contribution in [-0.4, -0.2) is 109 Å². The summed E-state index contributed by atoms with van der Waals surface area (Å²) in [5.74, 6) is -3.19. The number of amides is 6. The Bertz CT molecular complexity index is 1490. The number of benzene rings is 1. The maximum atomic E-state index is 13.5. The third-order valence-corrected chi connectivity index (χ3v) is 8.99. The fraction of sp³-hybridized carbons (Fsp3) is 0.634. The zero-order chi connectivity index (χ0) is 42.3. The monoisotopic (exact) mass is 800 g/mol. The van der Waals surface area contributed by atoms with Gasteiger partial charge in [0.15, 0.2) is 0 Å². The SMILES string of the molecule is CC(=O)N[C@H](CC(=O)N[C@H]1COC/C=C/COC[C@@H](CC(=O)N[C@@H](CC(=O)O)CC(C)C)NC(=O)C[C@H](C)NC(=O)C[C@H](Cc2ccccc2)NC(=O)C1)C(C)C. The Kier molecular flexibility index (Phi) is 22.2. The molecule has 57 heavy (non-hydrogen) atoms. The number of rotatable bonds is 14. The van der Waals surface area contributed by atoms with E-state index >= 15 is 0 Å². The van der Waals surface area contributed by atoms with Crippen LogP contribution in [0.3, 0.4) is 0 Å². The first-order chi connectivity index (χ1) is 27.0. The van der Waals surface area contributed by atoms with Crippen LogP contribution < -0.4 is 31.9 Å². The van der Waals surface area contributed by atoms with Gasteiger partial charge in [-0.15, -0.1) is 0 Å². The zero-order valence-electron chi connectivity index (χ0n) is 34.3. The molecule has 6 amide bonds. The van der Waals surface area contributed by atoms with Crippen molar-refractivity contribution in [1.82, 2.24) is 31.9 Å². The number of nitrogens with one attached hydrogen (secondary N) is 6. The van der Waals surface area contributed by atoms with Gasteiger partial charge in [-0.3, -0.25) is 33.6 Å². The predicted molar refractivity (Wildman–Crippen MR) is 213 cm³/mol. The lowest BCUT2D eigenvalue weighted by Crippen LogP contribution is -2.48. The topological polar surface area (TPSA) is 230 Å². The summed E-state index contributed by atoms with van der Waals surface area (Å²) < 4.78 is 11.6. The van der Waals surface area contributed by atoms with Gasteiger partial charge in [-0.05, 0) is 37.2 Å². The summed E-state index contributed by atoms with van der Waals surface area (Å²) in [7, 11) is 0. The van der Waals surface area contributed by atoms with E-state index < -0.39 is 65.8 Å². The summed E-state index contributed by atoms with van der Waals surface area (Å²) in [6.45, 7) is 10.9. The van der Waals surface area contributed by atoms with Crippen LogP contribution in [0.5, 0.6) is 0 Å². The second-order valence-electron chi connectivity index (χ2n) is 15.6. The molecule has 0 spiro atoms. The van der Waals surface area contributed by atoms with Gasteiger partial charge >= 0.3 is 5.97 Å². The molecule has 1 heterocycles. The third-order valence-electron chi connectivity index (χ3n) is 8.99. The van der Waals surface area contributed by atoms with Crippen molar-refractivity contribution >= 4 is 41.4 Å². The van der Waals surface area contributed by atoms with E-state index in [2.05, 4.69) is 31.9 Å². The first-order valence-corrected chi connectivity index (χ1v) is 19.8. The van der Waals surface area contributed by atoms with Crippen LogP contribution >= 0.6 is 0 Å². The summed E-state index contributed by atoms with van der Waals surface area (Å²) in [5.41, 5.74) is 0.891. The molecule has 0 saturated heterocycles. The molecule has 2 rings (SSSR count). The quantitative estimate of drug-likeness (QED) is 0.135. The number of carbonyl (C=O) groups is 7. The number of ether oxygens (including phenoxy) is 2. The Morgan fingerprint density at radius 3 is 2.02 bits per heavy atom. The minimum absolute atomic E-state index is 0.00245. The van der Waals surface area contributed by atoms with Crippen molar-refractivity contribution in [2.24, 2.45) is 11.8 Å². The largest absolute Gasteiger partial charge is 0.481 e. The average Bonchev–Trinajstić information content (AvgIpc) is 3.07. The molecular weight excluding hydrogens is 736 g/mol. The number of carboxylic acid groups (broad SMARTS) is 1. The van der Waals surface area contributed by atoms with Crippen LogP contribution in [0.1, 0.15) is 92.1 Å². The molecule has 0 bridgehead atoms. The van der Waals surface area contributed by atoms with Crippen LogP contribution in [0, 0.1) is 11.8 Å². The van der Waals surface area contributed by atoms with Gasteiger partial charge in [0.1, 0.15) is 0 Å². The lowest BCUT2D eigenvalue weighted by molar-refractivity contribution is -0.138. The second-order valence-corrected chi connectivity index (χ2v) is 15.6. The second kappa shape index (κ2) is 26.2. The molecule has 7 N–H and O–H groups in total. The van der Waals surface area contributed by atoms with E-state index in [1.54, 1.807) is 19.1 Å². The molecule has 0 saturated carbocycles. The molecule has 16 heteroatoms. The minimum atomic E-state index is -1.03. The average molecular weight is 801 g/mol. The highest BCUT2D eigenvalue weighted by Crippen LogP contribution is 2.11. The number of carbonyl (C=O) groups excluding carboxylic acids is 6. The highest BCUT2D eigenvalue weighted by atomic mass is 16.5. The summed E-state index contributed by atoms with van der Waals surface area (Å²) in [6, 6.07) is 5.66. The molecule has 318 valence electrons. The maximum Gasteiger partial charge on any atom is 0.305 e. The van der Waals surface area contributed by atoms with E-state index in [-0.39, 0.29) is 88.6 Å². The molecule has 1 aliphatic rings. The standard InChI is InChI=1S/C41H64N6O10/c1-26(2)16-31(22-41(54)55)44-38(51)20-33-24-56-14-10-11-15-57-25-34(47-40(53)23-35(27(3)4)43-29(6)48)21-39(52)45-32(18-30-12-8-7-9-13-30)19-37(50)42-28(5)17-36(49)46-33/h7-13,26-28,31-35H,14-25H2,1-6H3,(H,42,50)(H,43,48)(H,44,51)(H,45,52)(H,46,49)(H,47,53)(H,54,55)/b11-10+/t28-,31+,32-,33+,34+,35+/m0/s1. The van der Waals surface area contributed by atoms with E-state index in [1.165, 1.54) is 6.92 Å². The molecule has 1 aliphatic heterocycles. The highest BCUT2D eigenvalue weighted by Gasteiger charge is 2.26. The van der Waals surface area contributed by atoms with Crippen molar-refractivity contribution in [3.63, 3.8) is 0 Å². The van der Waals surface area contributed by atoms with E-state index in [9.17, 15) is 38.7 Å². The van der Waals surface area contributed by atoms with Gasteiger partial charge in [0.05, 0.1) is 44.9 Å². The maximum absolute atomic E-state index is 13.5. The van der Waals surface area contributed by atoms with E-state index in [1.807, 2.05) is 58.0 Å². The number of carboxylic acids is 1. The van der Waals surface area contributed by atoms with Gasteiger partial charge in [-0.25, -0.2) is 0 Å². The zero-order valence-corrected chi connectivity index (χ0v) is 34.3. The van der Waals surface area contributed by atoms with Gasteiger partial charge < -0.3 is 46.5 Å². The van der Waals surface area contributed by atoms with Crippen LogP contribution in [-0.2, 0) is 49.5 Å². The first-order valence-electron chi connectivity index (χ1n) is 19.8. The van der Waals surface area contributed by atoms with E-state index in [0.717, 1.165) is 5.56 Å². The lowest BCUT2D eigenvalue weighted by Gasteiger charge is -2.25. The van der Waals surface area contributed by atoms with Crippen molar-refractivity contribution < 1.29 is 48.1 Å². The molecule has 1 aromatic rings. The summed E-state index contributed by atoms with van der Waals surface area (Å²) in [4.78, 5) is 89.3. The smallest absolute Gasteiger partial charge is 0.305 e. The lowest BCUT2D eigenvalue weighted by atomic mass is 10.00. The molecule has 6 atom stereocenters. The normalized spacial score (nSPS) is 22.4. The predicted octanol–water partition coefficient (Wildman–Crippen LogP) is 1.91. The highest BCUT2D eigenvalue weighted by molar-refractivity contribution is 5.83. The van der Waals surface area contributed by atoms with E-state index in [0.29, 0.717) is 12.8 Å². The number of hydrogen-bond donors (Lipinski definition) is 7. The number of hydrogen-bond acceptors (Lipinski definition) is 9. The Balaban J connectivity index is 2.27. The van der Waals surface area contributed by atoms with Crippen molar-refractivity contribution in [2.45, 2.75) is 129 Å². The Hall–Kier alpha value is -4.83. The molecular formula is C41H64N6O10. The van der Waals surface area contributed by atoms with Crippen molar-refractivity contribution in [1.29, 1.82) is 0 Å². The molecule has 0 aliphatic carbocycles. The van der Waals surface area contributed by atoms with Gasteiger partial charge in [0.2, 0.25) is 35.4 Å². The van der Waals surface area contributed by atoms with Gasteiger partial charge in [0, 0.05) is 63.2 Å². The summed E-state index contributed by atoms with van der Waals surface area (Å²) in [6.07, 6.45) is 3.47. The molecule has 0 aromatic heterocycles. The molecule has 16 nitrogen and oxygen atoms in total. The van der Waals surface area contributed by atoms with Gasteiger partial charge in [-0.1, -0.05) is 70.2 Å². The third kappa shape index (κ3) is 22.5. The number of aliphatic carboxylic acids is 1. The molecule has 0 unspecified atom stereocenters. The van der Waals surface area contributed by atoms with Crippen LogP contribution in [0.25, 0.3) is 0 Å². The molecule has 1 aromatic carbocycles. The summed E-state index contributed by atoms with van der Waals surface area (Å²) in [5, 5.41) is 26.4. The summed E-state index contributed by atoms with van der Waals surface area (Å²) >= 11 is 0. The Morgan fingerprint density at radius 1 is 0.789 bits per heavy atom. The molecule has 0 fully saturated rings. The van der Waals surface area contributed by atoms with Crippen molar-refractivity contribution in [2.75, 3.05) is 26.4 Å². The minimum Gasteiger partial charge on any atom is -0.481 e. The Morgan fingerprint density at radius 2 is 1.40 bits per heavy atom. The van der Waals surface area contributed by atoms with Crippen molar-refractivity contribution in [3.8, 4) is 0 Å². The fourth-order valence-corrected chi connectivity index (χ4v) is 6.44. The van der Waals surface area contributed by atoms with Gasteiger partial charge in [-0.2, -0.15) is 0 Å². The fourth-order valence-electron chi connectivity index (χ4n) is 6.44. The van der Waals surface area contributed by atoms with Crippen molar-refractivity contribution in [3.05, 3.63) is 48.0 Å².